The van der Waals surface area contributed by atoms with Crippen LogP contribution in [0.4, 0.5) is 0 Å². The van der Waals surface area contributed by atoms with Gasteiger partial charge in [-0.25, -0.2) is 13.1 Å². The average molecular weight is 561 g/mol. The largest absolute Gasteiger partial charge is 0.377 e. The molecule has 1 aliphatic heterocycles. The van der Waals surface area contributed by atoms with Gasteiger partial charge in [-0.2, -0.15) is 0 Å². The van der Waals surface area contributed by atoms with E-state index in [1.54, 1.807) is 19.2 Å². The SMILES string of the molecule is CN=C(NCc1ccc(S(=O)(=O)NCC2CCCO2)cc1)N(C)Cc1cccn1C.I. The van der Waals surface area contributed by atoms with Crippen LogP contribution in [0.5, 0.6) is 0 Å². The maximum atomic E-state index is 12.5. The van der Waals surface area contributed by atoms with E-state index in [-0.39, 0.29) is 35.0 Å². The number of hydrogen-bond donors (Lipinski definition) is 2. The maximum Gasteiger partial charge on any atom is 0.240 e. The van der Waals surface area contributed by atoms with E-state index in [1.165, 1.54) is 5.69 Å². The molecular formula is C21H32IN5O3S. The van der Waals surface area contributed by atoms with E-state index in [0.717, 1.165) is 30.9 Å². The molecule has 0 aliphatic carbocycles. The zero-order valence-corrected chi connectivity index (χ0v) is 21.4. The van der Waals surface area contributed by atoms with Crippen molar-refractivity contribution in [3.63, 3.8) is 0 Å². The molecule has 1 aromatic carbocycles. The van der Waals surface area contributed by atoms with Gasteiger partial charge in [0.15, 0.2) is 5.96 Å². The first-order valence-electron chi connectivity index (χ1n) is 10.1. The number of hydrogen-bond acceptors (Lipinski definition) is 4. The number of nitrogens with one attached hydrogen (secondary N) is 2. The monoisotopic (exact) mass is 561 g/mol. The van der Waals surface area contributed by atoms with Crippen LogP contribution < -0.4 is 10.0 Å². The standard InChI is InChI=1S/C21H31N5O3S.HI/c1-22-21(26(3)16-18-6-4-12-25(18)2)23-14-17-8-10-20(11-9-17)30(27,28)24-15-19-7-5-13-29-19;/h4,6,8-12,19,24H,5,7,13-16H2,1-3H3,(H,22,23);1H. The van der Waals surface area contributed by atoms with Crippen LogP contribution in [0.25, 0.3) is 0 Å². The molecule has 1 atom stereocenters. The van der Waals surface area contributed by atoms with Crippen LogP contribution in [0.3, 0.4) is 0 Å². The van der Waals surface area contributed by atoms with Crippen molar-refractivity contribution in [1.82, 2.24) is 19.5 Å². The van der Waals surface area contributed by atoms with Gasteiger partial charge in [0.05, 0.1) is 17.5 Å². The zero-order chi connectivity index (χ0) is 21.6. The molecule has 172 valence electrons. The molecular weight excluding hydrogens is 529 g/mol. The predicted octanol–water partition coefficient (Wildman–Crippen LogP) is 2.31. The van der Waals surface area contributed by atoms with Crippen molar-refractivity contribution in [3.05, 3.63) is 53.9 Å². The van der Waals surface area contributed by atoms with E-state index in [9.17, 15) is 8.42 Å². The molecule has 1 unspecified atom stereocenters. The van der Waals surface area contributed by atoms with Gasteiger partial charge in [0.25, 0.3) is 0 Å². The number of aliphatic imine (C=N–C) groups is 1. The molecule has 3 rings (SSSR count). The van der Waals surface area contributed by atoms with Gasteiger partial charge >= 0.3 is 0 Å². The lowest BCUT2D eigenvalue weighted by atomic mass is 10.2. The van der Waals surface area contributed by atoms with E-state index in [1.807, 2.05) is 43.4 Å². The number of aromatic nitrogens is 1. The quantitative estimate of drug-likeness (QED) is 0.294. The second-order valence-electron chi connectivity index (χ2n) is 7.50. The number of guanidine groups is 1. The van der Waals surface area contributed by atoms with E-state index >= 15 is 0 Å². The Labute approximate surface area is 202 Å². The second-order valence-corrected chi connectivity index (χ2v) is 9.27. The van der Waals surface area contributed by atoms with Crippen molar-refractivity contribution in [2.45, 2.75) is 36.9 Å². The van der Waals surface area contributed by atoms with Crippen molar-refractivity contribution in [2.75, 3.05) is 27.2 Å². The highest BCUT2D eigenvalue weighted by atomic mass is 127. The highest BCUT2D eigenvalue weighted by Gasteiger charge is 2.20. The van der Waals surface area contributed by atoms with Crippen LogP contribution in [-0.4, -0.2) is 57.2 Å². The van der Waals surface area contributed by atoms with Crippen LogP contribution in [-0.2, 0) is 34.9 Å². The molecule has 1 fully saturated rings. The molecule has 0 saturated carbocycles. The van der Waals surface area contributed by atoms with Crippen molar-refractivity contribution in [1.29, 1.82) is 0 Å². The van der Waals surface area contributed by atoms with Gasteiger partial charge in [-0.3, -0.25) is 4.99 Å². The summed E-state index contributed by atoms with van der Waals surface area (Å²) < 4.78 is 35.1. The van der Waals surface area contributed by atoms with Crippen molar-refractivity contribution in [2.24, 2.45) is 12.0 Å². The average Bonchev–Trinajstić information content (AvgIpc) is 3.39. The lowest BCUT2D eigenvalue weighted by molar-refractivity contribution is 0.114. The molecule has 2 aromatic rings. The first kappa shape index (κ1) is 25.6. The van der Waals surface area contributed by atoms with Crippen molar-refractivity contribution < 1.29 is 13.2 Å². The fourth-order valence-corrected chi connectivity index (χ4v) is 4.49. The first-order chi connectivity index (χ1) is 14.4. The minimum absolute atomic E-state index is 0. The molecule has 1 aromatic heterocycles. The minimum atomic E-state index is -3.53. The summed E-state index contributed by atoms with van der Waals surface area (Å²) >= 11 is 0. The highest BCUT2D eigenvalue weighted by molar-refractivity contribution is 14.0. The second kappa shape index (κ2) is 11.8. The summed E-state index contributed by atoms with van der Waals surface area (Å²) in [6.45, 7) is 2.30. The maximum absolute atomic E-state index is 12.5. The number of benzene rings is 1. The van der Waals surface area contributed by atoms with Crippen LogP contribution in [0, 0.1) is 0 Å². The molecule has 0 radical (unpaired) electrons. The smallest absolute Gasteiger partial charge is 0.240 e. The molecule has 31 heavy (non-hydrogen) atoms. The summed E-state index contributed by atoms with van der Waals surface area (Å²) in [5.74, 6) is 0.770. The molecule has 1 aliphatic rings. The number of sulfonamides is 1. The Morgan fingerprint density at radius 1 is 1.29 bits per heavy atom. The Morgan fingerprint density at radius 2 is 2.03 bits per heavy atom. The van der Waals surface area contributed by atoms with Crippen LogP contribution in [0.2, 0.25) is 0 Å². The summed E-state index contributed by atoms with van der Waals surface area (Å²) in [7, 11) is 2.22. The zero-order valence-electron chi connectivity index (χ0n) is 18.2. The fourth-order valence-electron chi connectivity index (χ4n) is 3.42. The third kappa shape index (κ3) is 7.19. The van der Waals surface area contributed by atoms with Gasteiger partial charge in [-0.15, -0.1) is 24.0 Å². The Morgan fingerprint density at radius 3 is 2.61 bits per heavy atom. The molecule has 0 amide bonds. The topological polar surface area (TPSA) is 88.0 Å². The van der Waals surface area contributed by atoms with Gasteiger partial charge < -0.3 is 19.5 Å². The van der Waals surface area contributed by atoms with Gasteiger partial charge in [-0.1, -0.05) is 12.1 Å². The predicted molar refractivity (Wildman–Crippen MR) is 133 cm³/mol. The number of ether oxygens (including phenoxy) is 1. The number of nitrogens with zero attached hydrogens (tertiary/aromatic N) is 3. The van der Waals surface area contributed by atoms with E-state index in [2.05, 4.69) is 25.7 Å². The van der Waals surface area contributed by atoms with Gasteiger partial charge in [0.1, 0.15) is 0 Å². The molecule has 2 heterocycles. The lowest BCUT2D eigenvalue weighted by Gasteiger charge is -2.22. The third-order valence-corrected chi connectivity index (χ3v) is 6.67. The Balaban J connectivity index is 0.00000341. The third-order valence-electron chi connectivity index (χ3n) is 5.23. The van der Waals surface area contributed by atoms with E-state index < -0.39 is 10.0 Å². The Kier molecular flexibility index (Phi) is 9.79. The summed E-state index contributed by atoms with van der Waals surface area (Å²) in [6, 6.07) is 11.0. The summed E-state index contributed by atoms with van der Waals surface area (Å²) in [6.07, 6.45) is 3.87. The molecule has 0 bridgehead atoms. The van der Waals surface area contributed by atoms with Crippen molar-refractivity contribution in [3.8, 4) is 0 Å². The van der Waals surface area contributed by atoms with Gasteiger partial charge in [0.2, 0.25) is 10.0 Å². The minimum Gasteiger partial charge on any atom is -0.377 e. The number of halogens is 1. The van der Waals surface area contributed by atoms with Crippen LogP contribution in [0.15, 0.2) is 52.5 Å². The number of rotatable bonds is 8. The van der Waals surface area contributed by atoms with Crippen molar-refractivity contribution >= 4 is 40.0 Å². The fraction of sp³-hybridized carbons (Fsp3) is 0.476. The molecule has 2 N–H and O–H groups in total. The summed E-state index contributed by atoms with van der Waals surface area (Å²) in [4.78, 5) is 6.64. The first-order valence-corrected chi connectivity index (χ1v) is 11.6. The van der Waals surface area contributed by atoms with Crippen LogP contribution in [0.1, 0.15) is 24.1 Å². The molecule has 1 saturated heterocycles. The van der Waals surface area contributed by atoms with Gasteiger partial charge in [0, 0.05) is 52.7 Å². The molecule has 10 heteroatoms. The Bertz CT molecular complexity index is 954. The van der Waals surface area contributed by atoms with E-state index in [4.69, 9.17) is 4.74 Å². The lowest BCUT2D eigenvalue weighted by Crippen LogP contribution is -2.38. The summed E-state index contributed by atoms with van der Waals surface area (Å²) in [5, 5.41) is 3.32. The van der Waals surface area contributed by atoms with Crippen LogP contribution >= 0.6 is 24.0 Å². The molecule has 8 nitrogen and oxygen atoms in total. The van der Waals surface area contributed by atoms with E-state index in [0.29, 0.717) is 19.7 Å². The highest BCUT2D eigenvalue weighted by Crippen LogP contribution is 2.14. The van der Waals surface area contributed by atoms with Gasteiger partial charge in [-0.05, 0) is 42.7 Å². The summed E-state index contributed by atoms with van der Waals surface area (Å²) in [5.41, 5.74) is 2.16. The normalized spacial score (nSPS) is 16.7. The number of aryl methyl sites for hydroxylation is 1. The Hall–Kier alpha value is -1.63. The molecule has 0 spiro atoms.